The van der Waals surface area contributed by atoms with Crippen LogP contribution in [0.15, 0.2) is 0 Å². The highest BCUT2D eigenvalue weighted by Crippen LogP contribution is 2.47. The Labute approximate surface area is 98.8 Å². The van der Waals surface area contributed by atoms with E-state index in [1.807, 2.05) is 13.8 Å². The van der Waals surface area contributed by atoms with Gasteiger partial charge in [0.1, 0.15) is 0 Å². The highest BCUT2D eigenvalue weighted by atomic mass is 15.3. The average molecular weight is 221 g/mol. The largest absolute Gasteiger partial charge is 0.314 e. The van der Waals surface area contributed by atoms with E-state index in [0.29, 0.717) is 0 Å². The third-order valence-corrected chi connectivity index (χ3v) is 4.11. The maximum absolute atomic E-state index is 9.09. The van der Waals surface area contributed by atoms with Crippen molar-refractivity contribution in [3.05, 3.63) is 0 Å². The number of hydrogen-bond acceptors (Lipinski definition) is 3. The summed E-state index contributed by atoms with van der Waals surface area (Å²) in [5.41, 5.74) is 0.0537. The van der Waals surface area contributed by atoms with Crippen LogP contribution in [0.25, 0.3) is 0 Å². The Morgan fingerprint density at radius 3 is 2.25 bits per heavy atom. The number of rotatable bonds is 2. The van der Waals surface area contributed by atoms with E-state index in [9.17, 15) is 0 Å². The molecule has 2 aliphatic heterocycles. The fourth-order valence-electron chi connectivity index (χ4n) is 2.93. The summed E-state index contributed by atoms with van der Waals surface area (Å²) < 4.78 is 0. The minimum atomic E-state index is 0.0537. The molecule has 2 bridgehead atoms. The van der Waals surface area contributed by atoms with E-state index in [4.69, 9.17) is 5.26 Å². The summed E-state index contributed by atoms with van der Waals surface area (Å²) in [6.45, 7) is 7.32. The van der Waals surface area contributed by atoms with Gasteiger partial charge in [0.25, 0.3) is 0 Å². The molecule has 2 unspecified atom stereocenters. The first kappa shape index (κ1) is 11.9. The first-order valence-corrected chi connectivity index (χ1v) is 6.71. The highest BCUT2D eigenvalue weighted by Gasteiger charge is 2.48. The molecule has 2 heterocycles. The van der Waals surface area contributed by atoms with E-state index in [1.165, 1.54) is 12.8 Å². The number of hydrogen-bond donors (Lipinski definition) is 1. The van der Waals surface area contributed by atoms with E-state index in [0.717, 1.165) is 44.6 Å². The van der Waals surface area contributed by atoms with E-state index in [1.54, 1.807) is 0 Å². The van der Waals surface area contributed by atoms with Crippen LogP contribution in [0, 0.1) is 16.7 Å². The third-order valence-electron chi connectivity index (χ3n) is 4.11. The van der Waals surface area contributed by atoms with Gasteiger partial charge >= 0.3 is 0 Å². The van der Waals surface area contributed by atoms with Crippen molar-refractivity contribution >= 4 is 0 Å². The van der Waals surface area contributed by atoms with Crippen LogP contribution >= 0.6 is 0 Å². The number of piperazine rings is 1. The van der Waals surface area contributed by atoms with E-state index in [-0.39, 0.29) is 5.41 Å². The van der Waals surface area contributed by atoms with Gasteiger partial charge in [0, 0.05) is 31.7 Å². The summed E-state index contributed by atoms with van der Waals surface area (Å²) in [6.07, 6.45) is 4.93. The fourth-order valence-corrected chi connectivity index (χ4v) is 2.93. The minimum Gasteiger partial charge on any atom is -0.314 e. The second kappa shape index (κ2) is 4.73. The summed E-state index contributed by atoms with van der Waals surface area (Å²) in [5, 5.41) is 12.6. The Morgan fingerprint density at radius 2 is 1.81 bits per heavy atom. The Balaban J connectivity index is 0.000000457. The molecular formula is C13H23N3. The molecular weight excluding hydrogens is 198 g/mol. The first-order valence-electron chi connectivity index (χ1n) is 6.71. The Morgan fingerprint density at radius 1 is 1.25 bits per heavy atom. The van der Waals surface area contributed by atoms with E-state index < -0.39 is 0 Å². The summed E-state index contributed by atoms with van der Waals surface area (Å²) >= 11 is 0. The first-order chi connectivity index (χ1) is 7.83. The van der Waals surface area contributed by atoms with Crippen LogP contribution < -0.4 is 5.32 Å². The van der Waals surface area contributed by atoms with Crippen molar-refractivity contribution in [2.45, 2.75) is 51.6 Å². The van der Waals surface area contributed by atoms with Crippen LogP contribution in [0.1, 0.15) is 39.5 Å². The maximum Gasteiger partial charge on any atom is 0.0703 e. The van der Waals surface area contributed by atoms with Gasteiger partial charge in [-0.1, -0.05) is 13.8 Å². The minimum absolute atomic E-state index is 0.0537. The van der Waals surface area contributed by atoms with Gasteiger partial charge in [0.05, 0.1) is 11.5 Å². The molecule has 0 aromatic heterocycles. The van der Waals surface area contributed by atoms with Gasteiger partial charge in [0.15, 0.2) is 0 Å². The lowest BCUT2D eigenvalue weighted by Crippen LogP contribution is -2.53. The van der Waals surface area contributed by atoms with Gasteiger partial charge in [-0.05, 0) is 25.7 Å². The molecule has 16 heavy (non-hydrogen) atoms. The van der Waals surface area contributed by atoms with Crippen LogP contribution in [0.2, 0.25) is 0 Å². The molecule has 0 aromatic rings. The Bertz CT molecular complexity index is 261. The predicted molar refractivity (Wildman–Crippen MR) is 65.0 cm³/mol. The molecule has 3 fully saturated rings. The Kier molecular flexibility index (Phi) is 3.51. The second-order valence-electron chi connectivity index (χ2n) is 5.11. The summed E-state index contributed by atoms with van der Waals surface area (Å²) in [6, 6.07) is 3.95. The molecule has 3 heteroatoms. The zero-order chi connectivity index (χ0) is 11.6. The molecule has 3 nitrogen and oxygen atoms in total. The van der Waals surface area contributed by atoms with Crippen LogP contribution in [0.5, 0.6) is 0 Å². The molecule has 3 aliphatic rings. The number of nitrogens with zero attached hydrogens (tertiary/aromatic N) is 2. The number of nitrogens with one attached hydrogen (secondary N) is 1. The Hall–Kier alpha value is -0.590. The lowest BCUT2D eigenvalue weighted by molar-refractivity contribution is 0.135. The maximum atomic E-state index is 9.09. The van der Waals surface area contributed by atoms with Gasteiger partial charge in [0.2, 0.25) is 0 Å². The van der Waals surface area contributed by atoms with E-state index >= 15 is 0 Å². The molecule has 90 valence electrons. The normalized spacial score (nSPS) is 34.8. The van der Waals surface area contributed by atoms with Crippen LogP contribution in [0.4, 0.5) is 0 Å². The van der Waals surface area contributed by atoms with Crippen molar-refractivity contribution in [3.8, 4) is 6.07 Å². The second-order valence-corrected chi connectivity index (χ2v) is 5.11. The zero-order valence-electron chi connectivity index (χ0n) is 10.5. The summed E-state index contributed by atoms with van der Waals surface area (Å²) in [5.74, 6) is 0. The molecule has 3 rings (SSSR count). The standard InChI is InChI=1S/C11H17N3.C2H6/c12-7-11(3-4-11)8-14-9-1-2-10(14)6-13-5-9;1-2/h9-10,13H,1-6,8H2;1-2H3. The third kappa shape index (κ3) is 2.09. The monoisotopic (exact) mass is 221 g/mol. The quantitative estimate of drug-likeness (QED) is 0.772. The van der Waals surface area contributed by atoms with Crippen molar-refractivity contribution < 1.29 is 0 Å². The van der Waals surface area contributed by atoms with Crippen LogP contribution in [0.3, 0.4) is 0 Å². The highest BCUT2D eigenvalue weighted by molar-refractivity contribution is 5.13. The molecule has 2 atom stereocenters. The van der Waals surface area contributed by atoms with Crippen molar-refractivity contribution in [2.75, 3.05) is 19.6 Å². The van der Waals surface area contributed by atoms with Crippen molar-refractivity contribution in [1.82, 2.24) is 10.2 Å². The fraction of sp³-hybridized carbons (Fsp3) is 0.923. The molecule has 2 saturated heterocycles. The predicted octanol–water partition coefficient (Wildman–Crippen LogP) is 1.75. The molecule has 1 N–H and O–H groups in total. The smallest absolute Gasteiger partial charge is 0.0703 e. The lowest BCUT2D eigenvalue weighted by Gasteiger charge is -2.36. The van der Waals surface area contributed by atoms with Gasteiger partial charge in [-0.2, -0.15) is 5.26 Å². The van der Waals surface area contributed by atoms with Crippen molar-refractivity contribution in [3.63, 3.8) is 0 Å². The topological polar surface area (TPSA) is 39.1 Å². The molecule has 0 aromatic carbocycles. The number of nitriles is 1. The lowest BCUT2D eigenvalue weighted by atomic mass is 10.1. The van der Waals surface area contributed by atoms with Crippen molar-refractivity contribution in [1.29, 1.82) is 5.26 Å². The van der Waals surface area contributed by atoms with Crippen LogP contribution in [-0.4, -0.2) is 36.6 Å². The van der Waals surface area contributed by atoms with Gasteiger partial charge in [-0.25, -0.2) is 0 Å². The molecule has 0 radical (unpaired) electrons. The zero-order valence-corrected chi connectivity index (χ0v) is 10.5. The molecule has 0 amide bonds. The van der Waals surface area contributed by atoms with Crippen molar-refractivity contribution in [2.24, 2.45) is 5.41 Å². The number of fused-ring (bicyclic) bond motifs is 2. The van der Waals surface area contributed by atoms with Gasteiger partial charge in [-0.3, -0.25) is 4.90 Å². The molecule has 1 saturated carbocycles. The molecule has 0 spiro atoms. The van der Waals surface area contributed by atoms with Crippen LogP contribution in [-0.2, 0) is 0 Å². The van der Waals surface area contributed by atoms with Gasteiger partial charge in [-0.15, -0.1) is 0 Å². The SMILES string of the molecule is CC.N#CC1(CN2C3CCC2CNC3)CC1. The average Bonchev–Trinajstić information content (AvgIpc) is 3.07. The summed E-state index contributed by atoms with van der Waals surface area (Å²) in [7, 11) is 0. The van der Waals surface area contributed by atoms with E-state index in [2.05, 4.69) is 16.3 Å². The summed E-state index contributed by atoms with van der Waals surface area (Å²) in [4.78, 5) is 2.60. The van der Waals surface area contributed by atoms with Gasteiger partial charge < -0.3 is 5.32 Å². The molecule has 1 aliphatic carbocycles.